The normalized spacial score (nSPS) is 12.3. The Morgan fingerprint density at radius 2 is 2.15 bits per heavy atom. The lowest BCUT2D eigenvalue weighted by atomic mass is 10.3. The highest BCUT2D eigenvalue weighted by Crippen LogP contribution is 2.34. The summed E-state index contributed by atoms with van der Waals surface area (Å²) < 4.78 is 17.9. The van der Waals surface area contributed by atoms with Crippen molar-refractivity contribution in [3.8, 4) is 23.1 Å². The second kappa shape index (κ2) is 7.12. The van der Waals surface area contributed by atoms with Gasteiger partial charge in [-0.25, -0.2) is 0 Å². The molecule has 3 aromatic rings. The van der Waals surface area contributed by atoms with Gasteiger partial charge < -0.3 is 19.2 Å². The maximum absolute atomic E-state index is 12.2. The SMILES string of the molecule is CCn1c(SCC(=O)Nc2ccc3c(c2)OCO3)nnc1-c1ccco1. The molecule has 0 aliphatic carbocycles. The second-order valence-electron chi connectivity index (χ2n) is 5.43. The van der Waals surface area contributed by atoms with Gasteiger partial charge in [-0.2, -0.15) is 0 Å². The summed E-state index contributed by atoms with van der Waals surface area (Å²) in [5, 5.41) is 11.8. The van der Waals surface area contributed by atoms with E-state index in [2.05, 4.69) is 15.5 Å². The third-order valence-electron chi connectivity index (χ3n) is 3.76. The van der Waals surface area contributed by atoms with E-state index < -0.39 is 0 Å². The molecule has 134 valence electrons. The van der Waals surface area contributed by atoms with Gasteiger partial charge >= 0.3 is 0 Å². The molecule has 0 spiro atoms. The third-order valence-corrected chi connectivity index (χ3v) is 4.73. The number of carbonyl (C=O) groups excluding carboxylic acids is 1. The lowest BCUT2D eigenvalue weighted by Crippen LogP contribution is -2.14. The Morgan fingerprint density at radius 1 is 1.27 bits per heavy atom. The minimum absolute atomic E-state index is 0.140. The van der Waals surface area contributed by atoms with Crippen LogP contribution in [0.3, 0.4) is 0 Å². The minimum Gasteiger partial charge on any atom is -0.461 e. The van der Waals surface area contributed by atoms with E-state index in [1.807, 2.05) is 17.6 Å². The zero-order valence-electron chi connectivity index (χ0n) is 14.0. The Hall–Kier alpha value is -2.94. The Bertz CT molecular complexity index is 923. The van der Waals surface area contributed by atoms with Gasteiger partial charge in [0.25, 0.3) is 0 Å². The summed E-state index contributed by atoms with van der Waals surface area (Å²) in [5.74, 6) is 2.68. The van der Waals surface area contributed by atoms with Crippen molar-refractivity contribution in [3.63, 3.8) is 0 Å². The molecule has 3 heterocycles. The summed E-state index contributed by atoms with van der Waals surface area (Å²) >= 11 is 1.32. The Morgan fingerprint density at radius 3 is 2.96 bits per heavy atom. The summed E-state index contributed by atoms with van der Waals surface area (Å²) in [6, 6.07) is 8.93. The van der Waals surface area contributed by atoms with Crippen LogP contribution >= 0.6 is 11.8 Å². The van der Waals surface area contributed by atoms with Crippen molar-refractivity contribution in [3.05, 3.63) is 36.6 Å². The van der Waals surface area contributed by atoms with Gasteiger partial charge in [0.15, 0.2) is 28.2 Å². The molecule has 0 saturated heterocycles. The average Bonchev–Trinajstić information content (AvgIpc) is 3.38. The van der Waals surface area contributed by atoms with Gasteiger partial charge in [0.05, 0.1) is 12.0 Å². The average molecular weight is 372 g/mol. The summed E-state index contributed by atoms with van der Waals surface area (Å²) in [7, 11) is 0. The van der Waals surface area contributed by atoms with E-state index in [1.165, 1.54) is 11.8 Å². The molecule has 0 fully saturated rings. The largest absolute Gasteiger partial charge is 0.461 e. The lowest BCUT2D eigenvalue weighted by Gasteiger charge is -2.07. The van der Waals surface area contributed by atoms with E-state index in [1.54, 1.807) is 30.5 Å². The smallest absolute Gasteiger partial charge is 0.234 e. The van der Waals surface area contributed by atoms with Crippen LogP contribution in [0.1, 0.15) is 6.92 Å². The molecule has 0 bridgehead atoms. The van der Waals surface area contributed by atoms with Crippen molar-refractivity contribution in [2.45, 2.75) is 18.6 Å². The lowest BCUT2D eigenvalue weighted by molar-refractivity contribution is -0.113. The molecule has 1 aromatic carbocycles. The summed E-state index contributed by atoms with van der Waals surface area (Å²) in [6.07, 6.45) is 1.59. The van der Waals surface area contributed by atoms with Gasteiger partial charge in [-0.15, -0.1) is 10.2 Å². The Kier molecular flexibility index (Phi) is 4.53. The highest BCUT2D eigenvalue weighted by Gasteiger charge is 2.17. The van der Waals surface area contributed by atoms with Crippen LogP contribution in [0, 0.1) is 0 Å². The molecule has 9 heteroatoms. The van der Waals surface area contributed by atoms with Crippen LogP contribution in [0.15, 0.2) is 46.2 Å². The molecule has 0 radical (unpaired) electrons. The quantitative estimate of drug-likeness (QED) is 0.665. The third kappa shape index (κ3) is 3.25. The fourth-order valence-electron chi connectivity index (χ4n) is 2.57. The van der Waals surface area contributed by atoms with Crippen LogP contribution < -0.4 is 14.8 Å². The summed E-state index contributed by atoms with van der Waals surface area (Å²) in [5.41, 5.74) is 0.660. The number of hydrogen-bond acceptors (Lipinski definition) is 7. The van der Waals surface area contributed by atoms with Crippen molar-refractivity contribution in [1.82, 2.24) is 14.8 Å². The number of nitrogens with one attached hydrogen (secondary N) is 1. The van der Waals surface area contributed by atoms with Gasteiger partial charge in [0, 0.05) is 18.3 Å². The topological polar surface area (TPSA) is 91.4 Å². The van der Waals surface area contributed by atoms with Crippen LogP contribution in [0.25, 0.3) is 11.6 Å². The van der Waals surface area contributed by atoms with E-state index in [0.717, 1.165) is 0 Å². The van der Waals surface area contributed by atoms with E-state index >= 15 is 0 Å². The first kappa shape index (κ1) is 16.5. The van der Waals surface area contributed by atoms with Crippen molar-refractivity contribution in [2.24, 2.45) is 0 Å². The minimum atomic E-state index is -0.140. The fraction of sp³-hybridized carbons (Fsp3) is 0.235. The van der Waals surface area contributed by atoms with E-state index in [9.17, 15) is 4.79 Å². The molecule has 26 heavy (non-hydrogen) atoms. The molecule has 2 aromatic heterocycles. The van der Waals surface area contributed by atoms with E-state index in [0.29, 0.717) is 40.5 Å². The van der Waals surface area contributed by atoms with Crippen LogP contribution in [0.5, 0.6) is 11.5 Å². The molecule has 4 rings (SSSR count). The molecule has 0 atom stereocenters. The van der Waals surface area contributed by atoms with Crippen LogP contribution in [0.2, 0.25) is 0 Å². The number of carbonyl (C=O) groups is 1. The zero-order chi connectivity index (χ0) is 17.9. The first-order chi connectivity index (χ1) is 12.7. The summed E-state index contributed by atoms with van der Waals surface area (Å²) in [4.78, 5) is 12.2. The van der Waals surface area contributed by atoms with Gasteiger partial charge in [0.2, 0.25) is 12.7 Å². The maximum atomic E-state index is 12.2. The predicted octanol–water partition coefficient (Wildman–Crippen LogP) is 3.02. The van der Waals surface area contributed by atoms with E-state index in [-0.39, 0.29) is 18.5 Å². The molecular weight excluding hydrogens is 356 g/mol. The Balaban J connectivity index is 1.40. The first-order valence-corrected chi connectivity index (χ1v) is 9.02. The highest BCUT2D eigenvalue weighted by molar-refractivity contribution is 7.99. The summed E-state index contributed by atoms with van der Waals surface area (Å²) in [6.45, 7) is 2.87. The molecule has 0 saturated carbocycles. The van der Waals surface area contributed by atoms with Crippen molar-refractivity contribution in [1.29, 1.82) is 0 Å². The van der Waals surface area contributed by atoms with Crippen LogP contribution in [-0.2, 0) is 11.3 Å². The van der Waals surface area contributed by atoms with Gasteiger partial charge in [-0.3, -0.25) is 9.36 Å². The van der Waals surface area contributed by atoms with Crippen LogP contribution in [0.4, 0.5) is 5.69 Å². The monoisotopic (exact) mass is 372 g/mol. The molecule has 1 aliphatic rings. The first-order valence-electron chi connectivity index (χ1n) is 8.04. The number of furan rings is 1. The molecule has 0 unspecified atom stereocenters. The maximum Gasteiger partial charge on any atom is 0.234 e. The highest BCUT2D eigenvalue weighted by atomic mass is 32.2. The van der Waals surface area contributed by atoms with Crippen LogP contribution in [-0.4, -0.2) is 33.2 Å². The number of fused-ring (bicyclic) bond motifs is 1. The molecular formula is C17H16N4O4S. The number of aromatic nitrogens is 3. The standard InChI is InChI=1S/C17H16N4O4S/c1-2-21-16(13-4-3-7-23-13)19-20-17(21)26-9-15(22)18-11-5-6-12-14(8-11)25-10-24-12/h3-8H,2,9-10H2,1H3,(H,18,22). The molecule has 8 nitrogen and oxygen atoms in total. The number of rotatable bonds is 6. The predicted molar refractivity (Wildman–Crippen MR) is 95.3 cm³/mol. The second-order valence-corrected chi connectivity index (χ2v) is 6.38. The number of benzene rings is 1. The number of thioether (sulfide) groups is 1. The fourth-order valence-corrected chi connectivity index (χ4v) is 3.37. The van der Waals surface area contributed by atoms with Gasteiger partial charge in [0.1, 0.15) is 0 Å². The number of nitrogens with zero attached hydrogens (tertiary/aromatic N) is 3. The number of amides is 1. The molecule has 1 N–H and O–H groups in total. The molecule has 1 amide bonds. The number of anilines is 1. The van der Waals surface area contributed by atoms with Gasteiger partial charge in [-0.1, -0.05) is 11.8 Å². The van der Waals surface area contributed by atoms with Crippen molar-refractivity contribution in [2.75, 3.05) is 17.9 Å². The van der Waals surface area contributed by atoms with Crippen molar-refractivity contribution >= 4 is 23.4 Å². The molecule has 1 aliphatic heterocycles. The Labute approximate surface area is 153 Å². The number of hydrogen-bond donors (Lipinski definition) is 1. The zero-order valence-corrected chi connectivity index (χ0v) is 14.8. The number of ether oxygens (including phenoxy) is 2. The van der Waals surface area contributed by atoms with E-state index in [4.69, 9.17) is 13.9 Å². The van der Waals surface area contributed by atoms with Gasteiger partial charge in [-0.05, 0) is 31.2 Å². The van der Waals surface area contributed by atoms with Crippen molar-refractivity contribution < 1.29 is 18.7 Å².